The molecule has 0 N–H and O–H groups in total. The number of thioether (sulfide) groups is 1. The normalized spacial score (nSPS) is 16.2. The summed E-state index contributed by atoms with van der Waals surface area (Å²) in [7, 11) is 0. The Labute approximate surface area is 144 Å². The van der Waals surface area contributed by atoms with Crippen LogP contribution in [0.1, 0.15) is 12.5 Å². The molecule has 2 aromatic rings. The Morgan fingerprint density at radius 1 is 1.13 bits per heavy atom. The maximum Gasteiger partial charge on any atom is 0.266 e. The van der Waals surface area contributed by atoms with Gasteiger partial charge < -0.3 is 4.74 Å². The highest BCUT2D eigenvalue weighted by Gasteiger charge is 2.30. The molecule has 116 valence electrons. The molecule has 1 saturated heterocycles. The minimum absolute atomic E-state index is 0.0307. The number of carbonyl (C=O) groups is 1. The summed E-state index contributed by atoms with van der Waals surface area (Å²) in [6, 6.07) is 17.2. The Kier molecular flexibility index (Phi) is 4.79. The number of para-hydroxylation sites is 1. The Morgan fingerprint density at radius 3 is 2.57 bits per heavy atom. The molecule has 1 amide bonds. The molecule has 0 saturated carbocycles. The molecule has 1 fully saturated rings. The molecule has 5 heteroatoms. The van der Waals surface area contributed by atoms with Crippen molar-refractivity contribution in [2.45, 2.75) is 6.92 Å². The fraction of sp³-hybridized carbons (Fsp3) is 0.111. The molecule has 0 aromatic heterocycles. The first-order valence-electron chi connectivity index (χ1n) is 7.25. The third kappa shape index (κ3) is 3.63. The number of thiocarbonyl (C=S) groups is 1. The summed E-state index contributed by atoms with van der Waals surface area (Å²) in [5.41, 5.74) is 0.912. The van der Waals surface area contributed by atoms with Crippen LogP contribution >= 0.6 is 24.0 Å². The van der Waals surface area contributed by atoms with Gasteiger partial charge >= 0.3 is 0 Å². The molecule has 0 radical (unpaired) electrons. The number of ether oxygens (including phenoxy) is 1. The van der Waals surface area contributed by atoms with Crippen molar-refractivity contribution in [3.63, 3.8) is 0 Å². The lowest BCUT2D eigenvalue weighted by atomic mass is 10.2. The molecule has 23 heavy (non-hydrogen) atoms. The summed E-state index contributed by atoms with van der Waals surface area (Å²) in [6.07, 6.45) is 1.85. The third-order valence-corrected chi connectivity index (χ3v) is 4.70. The van der Waals surface area contributed by atoms with E-state index in [0.29, 0.717) is 15.8 Å². The van der Waals surface area contributed by atoms with Gasteiger partial charge in [0.25, 0.3) is 5.91 Å². The number of benzene rings is 2. The fourth-order valence-electron chi connectivity index (χ4n) is 2.22. The Bertz CT molecular complexity index is 772. The number of rotatable bonds is 4. The molecule has 0 atom stereocenters. The van der Waals surface area contributed by atoms with E-state index >= 15 is 0 Å². The molecule has 3 rings (SSSR count). The van der Waals surface area contributed by atoms with E-state index < -0.39 is 0 Å². The van der Waals surface area contributed by atoms with Crippen LogP contribution in [0.3, 0.4) is 0 Å². The highest BCUT2D eigenvalue weighted by molar-refractivity contribution is 8.26. The first-order chi connectivity index (χ1) is 11.2. The zero-order valence-corrected chi connectivity index (χ0v) is 14.2. The van der Waals surface area contributed by atoms with Crippen molar-refractivity contribution >= 4 is 40.3 Å². The van der Waals surface area contributed by atoms with Crippen LogP contribution < -0.4 is 4.74 Å². The molecule has 0 unspecified atom stereocenters. The van der Waals surface area contributed by atoms with Crippen LogP contribution in [0.2, 0.25) is 0 Å². The van der Waals surface area contributed by atoms with Crippen LogP contribution in [-0.2, 0) is 4.79 Å². The van der Waals surface area contributed by atoms with Crippen molar-refractivity contribution in [1.29, 1.82) is 0 Å². The molecular formula is C18H15NO2S2. The molecule has 1 aliphatic rings. The van der Waals surface area contributed by atoms with Crippen LogP contribution in [0.5, 0.6) is 11.5 Å². The average molecular weight is 341 g/mol. The van der Waals surface area contributed by atoms with E-state index in [1.165, 1.54) is 11.8 Å². The predicted octanol–water partition coefficient (Wildman–Crippen LogP) is 4.70. The molecule has 2 aromatic carbocycles. The molecule has 0 aliphatic carbocycles. The number of carbonyl (C=O) groups excluding carboxylic acids is 1. The first kappa shape index (κ1) is 15.8. The van der Waals surface area contributed by atoms with Gasteiger partial charge in [-0.2, -0.15) is 0 Å². The second-order valence-corrected chi connectivity index (χ2v) is 6.59. The molecule has 0 spiro atoms. The van der Waals surface area contributed by atoms with Gasteiger partial charge in [-0.25, -0.2) is 0 Å². The summed E-state index contributed by atoms with van der Waals surface area (Å²) in [4.78, 5) is 14.5. The van der Waals surface area contributed by atoms with E-state index in [1.54, 1.807) is 4.90 Å². The van der Waals surface area contributed by atoms with Gasteiger partial charge in [0.15, 0.2) is 0 Å². The van der Waals surface area contributed by atoms with Gasteiger partial charge in [0.05, 0.1) is 4.91 Å². The quantitative estimate of drug-likeness (QED) is 0.595. The SMILES string of the molecule is CCN1C(=O)C(=Cc2cccc(Oc3ccccc3)c2)SC1=S. The molecule has 0 bridgehead atoms. The lowest BCUT2D eigenvalue weighted by Gasteiger charge is -2.09. The minimum atomic E-state index is -0.0307. The number of hydrogen-bond donors (Lipinski definition) is 0. The van der Waals surface area contributed by atoms with Gasteiger partial charge in [0.2, 0.25) is 0 Å². The average Bonchev–Trinajstić information content (AvgIpc) is 2.82. The first-order valence-corrected chi connectivity index (χ1v) is 8.48. The number of hydrogen-bond acceptors (Lipinski definition) is 4. The van der Waals surface area contributed by atoms with Crippen molar-refractivity contribution < 1.29 is 9.53 Å². The van der Waals surface area contributed by atoms with Gasteiger partial charge in [-0.05, 0) is 42.8 Å². The highest BCUT2D eigenvalue weighted by Crippen LogP contribution is 2.33. The summed E-state index contributed by atoms with van der Waals surface area (Å²) in [6.45, 7) is 2.52. The van der Waals surface area contributed by atoms with Crippen molar-refractivity contribution in [2.75, 3.05) is 6.54 Å². The zero-order valence-electron chi connectivity index (χ0n) is 12.6. The summed E-state index contributed by atoms with van der Waals surface area (Å²) >= 11 is 6.56. The van der Waals surface area contributed by atoms with Crippen LogP contribution in [0, 0.1) is 0 Å². The zero-order chi connectivity index (χ0) is 16.2. The highest BCUT2D eigenvalue weighted by atomic mass is 32.2. The van der Waals surface area contributed by atoms with Gasteiger partial charge in [-0.3, -0.25) is 9.69 Å². The molecule has 1 aliphatic heterocycles. The second kappa shape index (κ2) is 6.98. The smallest absolute Gasteiger partial charge is 0.266 e. The standard InChI is InChI=1S/C18H15NO2S2/c1-2-19-17(20)16(23-18(19)22)12-13-7-6-10-15(11-13)21-14-8-4-3-5-9-14/h3-12H,2H2,1H3. The van der Waals surface area contributed by atoms with E-state index in [9.17, 15) is 4.79 Å². The van der Waals surface area contributed by atoms with Gasteiger partial charge in [-0.15, -0.1) is 0 Å². The summed E-state index contributed by atoms with van der Waals surface area (Å²) in [5.74, 6) is 1.48. The van der Waals surface area contributed by atoms with Crippen LogP contribution in [0.25, 0.3) is 6.08 Å². The van der Waals surface area contributed by atoms with Crippen LogP contribution in [-0.4, -0.2) is 21.7 Å². The van der Waals surface area contributed by atoms with Gasteiger partial charge in [-0.1, -0.05) is 54.3 Å². The van der Waals surface area contributed by atoms with E-state index in [1.807, 2.05) is 67.6 Å². The topological polar surface area (TPSA) is 29.5 Å². The number of nitrogens with zero attached hydrogens (tertiary/aromatic N) is 1. The van der Waals surface area contributed by atoms with Gasteiger partial charge in [0.1, 0.15) is 15.8 Å². The van der Waals surface area contributed by atoms with E-state index in [-0.39, 0.29) is 5.91 Å². The molecular weight excluding hydrogens is 326 g/mol. The van der Waals surface area contributed by atoms with Crippen molar-refractivity contribution in [3.8, 4) is 11.5 Å². The summed E-state index contributed by atoms with van der Waals surface area (Å²) < 4.78 is 6.43. The van der Waals surface area contributed by atoms with E-state index in [4.69, 9.17) is 17.0 Å². The van der Waals surface area contributed by atoms with Crippen LogP contribution in [0.15, 0.2) is 59.5 Å². The van der Waals surface area contributed by atoms with Crippen molar-refractivity contribution in [1.82, 2.24) is 4.90 Å². The second-order valence-electron chi connectivity index (χ2n) is 4.91. The largest absolute Gasteiger partial charge is 0.457 e. The third-order valence-electron chi connectivity index (χ3n) is 3.32. The maximum absolute atomic E-state index is 12.2. The van der Waals surface area contributed by atoms with E-state index in [2.05, 4.69) is 0 Å². The lowest BCUT2D eigenvalue weighted by molar-refractivity contribution is -0.121. The van der Waals surface area contributed by atoms with Crippen molar-refractivity contribution in [2.24, 2.45) is 0 Å². The molecule has 3 nitrogen and oxygen atoms in total. The fourth-order valence-corrected chi connectivity index (χ4v) is 3.60. The summed E-state index contributed by atoms with van der Waals surface area (Å²) in [5, 5.41) is 0. The monoisotopic (exact) mass is 341 g/mol. The Balaban J connectivity index is 1.82. The minimum Gasteiger partial charge on any atom is -0.457 e. The lowest BCUT2D eigenvalue weighted by Crippen LogP contribution is -2.27. The number of amides is 1. The Hall–Kier alpha value is -2.11. The maximum atomic E-state index is 12.2. The molecule has 1 heterocycles. The van der Waals surface area contributed by atoms with E-state index in [0.717, 1.165) is 17.1 Å². The number of likely N-dealkylation sites (N-methyl/N-ethyl adjacent to an activating group) is 1. The van der Waals surface area contributed by atoms with Gasteiger partial charge in [0, 0.05) is 6.54 Å². The predicted molar refractivity (Wildman–Crippen MR) is 98.5 cm³/mol. The Morgan fingerprint density at radius 2 is 1.87 bits per heavy atom. The van der Waals surface area contributed by atoms with Crippen LogP contribution in [0.4, 0.5) is 0 Å². The van der Waals surface area contributed by atoms with Crippen molar-refractivity contribution in [3.05, 3.63) is 65.1 Å².